The van der Waals surface area contributed by atoms with Crippen LogP contribution >= 0.6 is 0 Å². The van der Waals surface area contributed by atoms with E-state index < -0.39 is 8.07 Å². The number of ether oxygens (including phenoxy) is 1. The maximum atomic E-state index is 5.91. The third-order valence-corrected chi connectivity index (χ3v) is 4.23. The van der Waals surface area contributed by atoms with Crippen molar-refractivity contribution in [3.05, 3.63) is 41.7 Å². The minimum Gasteiger partial charge on any atom is -0.462 e. The number of rotatable bonds is 2. The molecule has 0 aromatic heterocycles. The Morgan fingerprint density at radius 1 is 1.19 bits per heavy atom. The van der Waals surface area contributed by atoms with Crippen molar-refractivity contribution in [3.8, 4) is 5.75 Å². The molecule has 1 nitrogen and oxygen atoms in total. The maximum absolute atomic E-state index is 5.91. The number of hydrogen-bond donors (Lipinski definition) is 0. The number of aryl methyl sites for hydroxylation is 1. The summed E-state index contributed by atoms with van der Waals surface area (Å²) in [5.41, 5.74) is 1.34. The second-order valence-electron chi connectivity index (χ2n) is 5.65. The van der Waals surface area contributed by atoms with Crippen LogP contribution in [0, 0.1) is 0 Å². The summed E-state index contributed by atoms with van der Waals surface area (Å²) >= 11 is 0. The van der Waals surface area contributed by atoms with Crippen LogP contribution in [-0.4, -0.2) is 8.07 Å². The van der Waals surface area contributed by atoms with Crippen molar-refractivity contribution in [2.24, 2.45) is 0 Å². The van der Waals surface area contributed by atoms with Gasteiger partial charge in [-0.15, -0.1) is 0 Å². The molecule has 1 aromatic carbocycles. The summed E-state index contributed by atoms with van der Waals surface area (Å²) in [5, 5.41) is 0. The summed E-state index contributed by atoms with van der Waals surface area (Å²) in [6, 6.07) is 9.56. The molecule has 0 fully saturated rings. The van der Waals surface area contributed by atoms with Crippen LogP contribution in [0.2, 0.25) is 25.7 Å². The number of fused-ring (bicyclic) bond motifs is 1. The average Bonchev–Trinajstić information content (AvgIpc) is 2.25. The summed E-state index contributed by atoms with van der Waals surface area (Å²) in [6.45, 7) is 7.17. The molecule has 86 valence electrons. The lowest BCUT2D eigenvalue weighted by Gasteiger charge is -2.21. The molecule has 0 spiro atoms. The monoisotopic (exact) mass is 232 g/mol. The molecule has 0 saturated heterocycles. The number of hydrogen-bond acceptors (Lipinski definition) is 1. The normalized spacial score (nSPS) is 18.1. The van der Waals surface area contributed by atoms with Gasteiger partial charge in [0, 0.05) is 14.5 Å². The van der Waals surface area contributed by atoms with Gasteiger partial charge < -0.3 is 4.74 Å². The molecule has 0 atom stereocenters. The van der Waals surface area contributed by atoms with Crippen molar-refractivity contribution in [2.75, 3.05) is 0 Å². The van der Waals surface area contributed by atoms with Crippen molar-refractivity contribution in [2.45, 2.75) is 38.5 Å². The first-order valence-electron chi connectivity index (χ1n) is 5.99. The number of allylic oxidation sites excluding steroid dienone is 2. The van der Waals surface area contributed by atoms with E-state index in [0.29, 0.717) is 0 Å². The van der Waals surface area contributed by atoms with Crippen molar-refractivity contribution < 1.29 is 4.74 Å². The molecule has 0 aliphatic carbocycles. The van der Waals surface area contributed by atoms with Gasteiger partial charge in [0.15, 0.2) is 0 Å². The van der Waals surface area contributed by atoms with Crippen LogP contribution in [0.4, 0.5) is 0 Å². The van der Waals surface area contributed by atoms with Crippen LogP contribution in [0.5, 0.6) is 5.75 Å². The zero-order valence-corrected chi connectivity index (χ0v) is 11.4. The Morgan fingerprint density at radius 2 is 1.94 bits per heavy atom. The van der Waals surface area contributed by atoms with Crippen LogP contribution in [-0.2, 0) is 6.42 Å². The second-order valence-corrected chi connectivity index (χ2v) is 11.2. The Labute approximate surface area is 99.2 Å². The Kier molecular flexibility index (Phi) is 3.19. The standard InChI is InChI=1S/C14H20OSi/c1-16(2,3)11-10-13-9-8-12-6-4-5-7-14(12)15-13/h4-7,10H,8-9,11H2,1-3H3/b13-10-. The highest BCUT2D eigenvalue weighted by Crippen LogP contribution is 2.29. The molecule has 16 heavy (non-hydrogen) atoms. The quantitative estimate of drug-likeness (QED) is 0.693. The van der Waals surface area contributed by atoms with Gasteiger partial charge in [-0.1, -0.05) is 37.8 Å². The predicted molar refractivity (Wildman–Crippen MR) is 71.6 cm³/mol. The van der Waals surface area contributed by atoms with Gasteiger partial charge in [-0.05, 0) is 30.2 Å². The van der Waals surface area contributed by atoms with Crippen LogP contribution in [0.3, 0.4) is 0 Å². The van der Waals surface area contributed by atoms with Gasteiger partial charge in [0.2, 0.25) is 0 Å². The van der Waals surface area contributed by atoms with Gasteiger partial charge in [-0.25, -0.2) is 0 Å². The van der Waals surface area contributed by atoms with E-state index in [9.17, 15) is 0 Å². The molecule has 0 amide bonds. The average molecular weight is 232 g/mol. The topological polar surface area (TPSA) is 9.23 Å². The molecule has 0 bridgehead atoms. The first kappa shape index (κ1) is 11.5. The molecule has 1 heterocycles. The Morgan fingerprint density at radius 3 is 2.69 bits per heavy atom. The fourth-order valence-corrected chi connectivity index (χ4v) is 2.66. The highest BCUT2D eigenvalue weighted by molar-refractivity contribution is 6.76. The molecule has 1 aliphatic heterocycles. The van der Waals surface area contributed by atoms with Gasteiger partial charge in [-0.2, -0.15) is 0 Å². The van der Waals surface area contributed by atoms with E-state index in [1.54, 1.807) is 0 Å². The van der Waals surface area contributed by atoms with Crippen molar-refractivity contribution in [1.82, 2.24) is 0 Å². The van der Waals surface area contributed by atoms with E-state index in [1.165, 1.54) is 17.4 Å². The lowest BCUT2D eigenvalue weighted by Crippen LogP contribution is -2.18. The van der Waals surface area contributed by atoms with Crippen LogP contribution < -0.4 is 4.74 Å². The van der Waals surface area contributed by atoms with Gasteiger partial charge in [-0.3, -0.25) is 0 Å². The smallest absolute Gasteiger partial charge is 0.130 e. The van der Waals surface area contributed by atoms with E-state index in [-0.39, 0.29) is 0 Å². The van der Waals surface area contributed by atoms with Crippen molar-refractivity contribution in [3.63, 3.8) is 0 Å². The molecule has 0 radical (unpaired) electrons. The van der Waals surface area contributed by atoms with Crippen LogP contribution in [0.25, 0.3) is 0 Å². The summed E-state index contributed by atoms with van der Waals surface area (Å²) in [4.78, 5) is 0. The van der Waals surface area contributed by atoms with E-state index >= 15 is 0 Å². The summed E-state index contributed by atoms with van der Waals surface area (Å²) < 4.78 is 5.91. The molecular formula is C14H20OSi. The molecule has 1 aliphatic rings. The first-order chi connectivity index (χ1) is 7.54. The van der Waals surface area contributed by atoms with Crippen LogP contribution in [0.15, 0.2) is 36.1 Å². The van der Waals surface area contributed by atoms with Crippen molar-refractivity contribution in [1.29, 1.82) is 0 Å². The minimum absolute atomic E-state index is 0.989. The largest absolute Gasteiger partial charge is 0.462 e. The van der Waals surface area contributed by atoms with Gasteiger partial charge in [0.1, 0.15) is 11.5 Å². The Balaban J connectivity index is 2.08. The number of para-hydroxylation sites is 1. The molecule has 2 heteroatoms. The summed E-state index contributed by atoms with van der Waals surface area (Å²) in [5.74, 6) is 2.22. The van der Waals surface area contributed by atoms with E-state index in [0.717, 1.165) is 18.6 Å². The lowest BCUT2D eigenvalue weighted by molar-refractivity contribution is 0.377. The Bertz CT molecular complexity index is 401. The first-order valence-corrected chi connectivity index (χ1v) is 9.70. The fourth-order valence-electron chi connectivity index (χ4n) is 1.82. The molecule has 0 saturated carbocycles. The highest BCUT2D eigenvalue weighted by Gasteiger charge is 2.16. The minimum atomic E-state index is -0.989. The van der Waals surface area contributed by atoms with Gasteiger partial charge >= 0.3 is 0 Å². The summed E-state index contributed by atoms with van der Waals surface area (Å²) in [7, 11) is -0.989. The third kappa shape index (κ3) is 2.98. The zero-order chi connectivity index (χ0) is 11.6. The predicted octanol–water partition coefficient (Wildman–Crippen LogP) is 4.23. The zero-order valence-electron chi connectivity index (χ0n) is 10.4. The Hall–Kier alpha value is -1.02. The SMILES string of the molecule is C[Si](C)(C)C/C=C1/CCc2ccccc2O1. The molecule has 2 rings (SSSR count). The van der Waals surface area contributed by atoms with E-state index in [1.807, 2.05) is 6.07 Å². The van der Waals surface area contributed by atoms with E-state index in [2.05, 4.69) is 43.9 Å². The fraction of sp³-hybridized carbons (Fsp3) is 0.429. The highest BCUT2D eigenvalue weighted by atomic mass is 28.3. The number of benzene rings is 1. The molecule has 1 aromatic rings. The summed E-state index contributed by atoms with van der Waals surface area (Å²) in [6.07, 6.45) is 4.48. The molecule has 0 N–H and O–H groups in total. The van der Waals surface area contributed by atoms with Gasteiger partial charge in [0.05, 0.1) is 0 Å². The maximum Gasteiger partial charge on any atom is 0.130 e. The van der Waals surface area contributed by atoms with E-state index in [4.69, 9.17) is 4.74 Å². The lowest BCUT2D eigenvalue weighted by atomic mass is 10.1. The van der Waals surface area contributed by atoms with Crippen LogP contribution in [0.1, 0.15) is 12.0 Å². The second kappa shape index (κ2) is 4.46. The van der Waals surface area contributed by atoms with Crippen molar-refractivity contribution >= 4 is 8.07 Å². The third-order valence-electron chi connectivity index (χ3n) is 2.80. The molecule has 0 unspecified atom stereocenters. The van der Waals surface area contributed by atoms with Gasteiger partial charge in [0.25, 0.3) is 0 Å². The molecular weight excluding hydrogens is 212 g/mol.